The molecule has 0 spiro atoms. The van der Waals surface area contributed by atoms with Crippen molar-refractivity contribution in [3.8, 4) is 0 Å². The van der Waals surface area contributed by atoms with E-state index in [0.717, 1.165) is 17.0 Å². The molecule has 3 N–H and O–H groups in total. The third-order valence-corrected chi connectivity index (χ3v) is 4.13. The fourth-order valence-electron chi connectivity index (χ4n) is 2.82. The molecule has 1 aromatic carbocycles. The highest BCUT2D eigenvalue weighted by Crippen LogP contribution is 2.35. The third kappa shape index (κ3) is 2.59. The number of H-pyrrole nitrogens is 2. The Labute approximate surface area is 112 Å². The van der Waals surface area contributed by atoms with Crippen LogP contribution >= 0.6 is 0 Å². The van der Waals surface area contributed by atoms with Gasteiger partial charge in [0.25, 0.3) is 0 Å². The van der Waals surface area contributed by atoms with E-state index >= 15 is 0 Å². The lowest BCUT2D eigenvalue weighted by molar-refractivity contribution is 0.405. The lowest BCUT2D eigenvalue weighted by atomic mass is 10.0. The first-order chi connectivity index (χ1) is 9.17. The van der Waals surface area contributed by atoms with E-state index in [-0.39, 0.29) is 5.69 Å². The fourth-order valence-corrected chi connectivity index (χ4v) is 2.82. The van der Waals surface area contributed by atoms with Crippen LogP contribution in [0.1, 0.15) is 44.7 Å². The zero-order chi connectivity index (χ0) is 13.4. The zero-order valence-corrected chi connectivity index (χ0v) is 11.5. The van der Waals surface area contributed by atoms with Gasteiger partial charge < -0.3 is 15.3 Å². The summed E-state index contributed by atoms with van der Waals surface area (Å²) in [6.07, 6.45) is 3.91. The van der Waals surface area contributed by atoms with E-state index in [1.165, 1.54) is 24.8 Å². The number of imidazole rings is 1. The molecule has 1 saturated carbocycles. The quantitative estimate of drug-likeness (QED) is 0.773. The largest absolute Gasteiger partial charge is 0.323 e. The lowest BCUT2D eigenvalue weighted by Gasteiger charge is -2.22. The summed E-state index contributed by atoms with van der Waals surface area (Å²) in [5.41, 5.74) is 2.84. The number of nitrogens with one attached hydrogen (secondary N) is 3. The first-order valence-electron chi connectivity index (χ1n) is 7.15. The maximum atomic E-state index is 11.3. The summed E-state index contributed by atoms with van der Waals surface area (Å²) in [4.78, 5) is 16.9. The second-order valence-electron chi connectivity index (χ2n) is 5.62. The third-order valence-electron chi connectivity index (χ3n) is 4.13. The van der Waals surface area contributed by atoms with Crippen LogP contribution < -0.4 is 11.0 Å². The minimum atomic E-state index is -0.142. The van der Waals surface area contributed by atoms with Gasteiger partial charge >= 0.3 is 5.69 Å². The van der Waals surface area contributed by atoms with Gasteiger partial charge in [0.2, 0.25) is 0 Å². The van der Waals surface area contributed by atoms with Crippen LogP contribution in [0.15, 0.2) is 23.0 Å². The number of aromatic amines is 2. The molecule has 1 aliphatic carbocycles. The molecule has 1 heterocycles. The van der Waals surface area contributed by atoms with Crippen molar-refractivity contribution < 1.29 is 0 Å². The fraction of sp³-hybridized carbons (Fsp3) is 0.533. The van der Waals surface area contributed by atoms with Gasteiger partial charge in [0.15, 0.2) is 0 Å². The van der Waals surface area contributed by atoms with Crippen LogP contribution in [-0.2, 0) is 0 Å². The second kappa shape index (κ2) is 4.85. The number of rotatable bonds is 5. The minimum Gasteiger partial charge on any atom is -0.307 e. The van der Waals surface area contributed by atoms with Gasteiger partial charge in [-0.15, -0.1) is 0 Å². The maximum Gasteiger partial charge on any atom is 0.323 e. The molecule has 0 saturated heterocycles. The smallest absolute Gasteiger partial charge is 0.307 e. The molecule has 102 valence electrons. The molecule has 0 aliphatic heterocycles. The first-order valence-corrected chi connectivity index (χ1v) is 7.15. The summed E-state index contributed by atoms with van der Waals surface area (Å²) in [6, 6.07) is 7.05. The van der Waals surface area contributed by atoms with Gasteiger partial charge in [-0.2, -0.15) is 0 Å². The second-order valence-corrected chi connectivity index (χ2v) is 5.62. The highest BCUT2D eigenvalue weighted by atomic mass is 16.1. The van der Waals surface area contributed by atoms with Gasteiger partial charge in [0, 0.05) is 12.1 Å². The van der Waals surface area contributed by atoms with Gasteiger partial charge in [-0.1, -0.05) is 13.0 Å². The zero-order valence-electron chi connectivity index (χ0n) is 11.5. The van der Waals surface area contributed by atoms with Crippen molar-refractivity contribution in [3.05, 3.63) is 34.2 Å². The predicted octanol–water partition coefficient (Wildman–Crippen LogP) is 2.70. The van der Waals surface area contributed by atoms with Crippen molar-refractivity contribution in [3.63, 3.8) is 0 Å². The van der Waals surface area contributed by atoms with E-state index in [1.54, 1.807) is 0 Å². The molecule has 2 atom stereocenters. The summed E-state index contributed by atoms with van der Waals surface area (Å²) in [5, 5.41) is 3.71. The molecule has 19 heavy (non-hydrogen) atoms. The molecular formula is C15H21N3O. The standard InChI is InChI=1S/C15H21N3O/c1-3-12(10-4-5-10)16-9(2)11-6-7-13-14(8-11)18-15(19)17-13/h6-10,12,16H,3-5H2,1-2H3,(H2,17,18,19). The highest BCUT2D eigenvalue weighted by molar-refractivity contribution is 5.75. The molecule has 4 heteroatoms. The van der Waals surface area contributed by atoms with Crippen LogP contribution in [0.25, 0.3) is 11.0 Å². The summed E-state index contributed by atoms with van der Waals surface area (Å²) in [7, 11) is 0. The van der Waals surface area contributed by atoms with E-state index in [1.807, 2.05) is 6.07 Å². The maximum absolute atomic E-state index is 11.3. The Kier molecular flexibility index (Phi) is 3.19. The van der Waals surface area contributed by atoms with Crippen LogP contribution in [0.5, 0.6) is 0 Å². The van der Waals surface area contributed by atoms with E-state index in [4.69, 9.17) is 0 Å². The Morgan fingerprint density at radius 2 is 2.05 bits per heavy atom. The summed E-state index contributed by atoms with van der Waals surface area (Å²) < 4.78 is 0. The van der Waals surface area contributed by atoms with E-state index < -0.39 is 0 Å². The van der Waals surface area contributed by atoms with Crippen molar-refractivity contribution in [1.29, 1.82) is 0 Å². The first kappa shape index (κ1) is 12.5. The van der Waals surface area contributed by atoms with E-state index in [2.05, 4.69) is 41.3 Å². The SMILES string of the molecule is CCC(NC(C)c1ccc2[nH]c(=O)[nH]c2c1)C1CC1. The summed E-state index contributed by atoms with van der Waals surface area (Å²) in [5.74, 6) is 0.864. The molecule has 2 unspecified atom stereocenters. The van der Waals surface area contributed by atoms with Gasteiger partial charge in [-0.3, -0.25) is 0 Å². The van der Waals surface area contributed by atoms with E-state index in [0.29, 0.717) is 12.1 Å². The van der Waals surface area contributed by atoms with Crippen molar-refractivity contribution in [1.82, 2.24) is 15.3 Å². The molecular weight excluding hydrogens is 238 g/mol. The van der Waals surface area contributed by atoms with Crippen molar-refractivity contribution in [2.45, 2.75) is 45.2 Å². The summed E-state index contributed by atoms with van der Waals surface area (Å²) >= 11 is 0. The molecule has 4 nitrogen and oxygen atoms in total. The number of hydrogen-bond donors (Lipinski definition) is 3. The van der Waals surface area contributed by atoms with Gasteiger partial charge in [0.05, 0.1) is 11.0 Å². The van der Waals surface area contributed by atoms with Crippen LogP contribution in [-0.4, -0.2) is 16.0 Å². The molecule has 1 fully saturated rings. The number of aromatic nitrogens is 2. The molecule has 3 rings (SSSR count). The monoisotopic (exact) mass is 259 g/mol. The van der Waals surface area contributed by atoms with Crippen LogP contribution in [0.4, 0.5) is 0 Å². The molecule has 0 amide bonds. The predicted molar refractivity (Wildman–Crippen MR) is 77.3 cm³/mol. The van der Waals surface area contributed by atoms with Crippen molar-refractivity contribution >= 4 is 11.0 Å². The van der Waals surface area contributed by atoms with Crippen LogP contribution in [0.3, 0.4) is 0 Å². The molecule has 2 aromatic rings. The molecule has 0 radical (unpaired) electrons. The van der Waals surface area contributed by atoms with Crippen LogP contribution in [0, 0.1) is 5.92 Å². The molecule has 1 aliphatic rings. The Bertz CT molecular complexity index is 624. The lowest BCUT2D eigenvalue weighted by Crippen LogP contribution is -2.32. The number of fused-ring (bicyclic) bond motifs is 1. The van der Waals surface area contributed by atoms with Gasteiger partial charge in [0.1, 0.15) is 0 Å². The van der Waals surface area contributed by atoms with Crippen molar-refractivity contribution in [2.75, 3.05) is 0 Å². The Morgan fingerprint density at radius 1 is 1.32 bits per heavy atom. The Morgan fingerprint density at radius 3 is 2.74 bits per heavy atom. The minimum absolute atomic E-state index is 0.142. The summed E-state index contributed by atoms with van der Waals surface area (Å²) in [6.45, 7) is 4.44. The number of hydrogen-bond acceptors (Lipinski definition) is 2. The average Bonchev–Trinajstić information content (AvgIpc) is 3.16. The van der Waals surface area contributed by atoms with Gasteiger partial charge in [-0.05, 0) is 49.8 Å². The normalized spacial score (nSPS) is 18.6. The Hall–Kier alpha value is -1.55. The highest BCUT2D eigenvalue weighted by Gasteiger charge is 2.30. The average molecular weight is 259 g/mol. The van der Waals surface area contributed by atoms with Crippen LogP contribution in [0.2, 0.25) is 0 Å². The Balaban J connectivity index is 1.79. The number of benzene rings is 1. The topological polar surface area (TPSA) is 60.7 Å². The molecule has 0 bridgehead atoms. The molecule has 1 aromatic heterocycles. The van der Waals surface area contributed by atoms with Crippen molar-refractivity contribution in [2.24, 2.45) is 5.92 Å². The van der Waals surface area contributed by atoms with Gasteiger partial charge in [-0.25, -0.2) is 4.79 Å². The van der Waals surface area contributed by atoms with E-state index in [9.17, 15) is 4.79 Å².